The van der Waals surface area contributed by atoms with E-state index in [-0.39, 0.29) is 10.9 Å². The topological polar surface area (TPSA) is 75.5 Å². The van der Waals surface area contributed by atoms with E-state index in [0.29, 0.717) is 10.9 Å². The lowest BCUT2D eigenvalue weighted by Crippen LogP contribution is -2.33. The number of hydrogen-bond acceptors (Lipinski definition) is 5. The number of thiophene rings is 1. The summed E-state index contributed by atoms with van der Waals surface area (Å²) in [5.74, 6) is -0.309. The van der Waals surface area contributed by atoms with Crippen molar-refractivity contribution < 1.29 is 9.72 Å². The van der Waals surface area contributed by atoms with E-state index in [9.17, 15) is 14.9 Å². The number of carbonyl (C=O) groups is 1. The molecule has 26 heavy (non-hydrogen) atoms. The van der Waals surface area contributed by atoms with Gasteiger partial charge in [-0.1, -0.05) is 48.8 Å². The van der Waals surface area contributed by atoms with Gasteiger partial charge in [-0.05, 0) is 37.6 Å². The Labute approximate surface area is 157 Å². The van der Waals surface area contributed by atoms with Gasteiger partial charge in [0.2, 0.25) is 0 Å². The van der Waals surface area contributed by atoms with Crippen LogP contribution in [0.5, 0.6) is 0 Å². The zero-order valence-corrected chi connectivity index (χ0v) is 15.6. The van der Waals surface area contributed by atoms with Crippen molar-refractivity contribution in [3.05, 3.63) is 57.0 Å². The fourth-order valence-corrected chi connectivity index (χ4v) is 4.15. The SMILES string of the molecule is CN(Cc1ccccc1NC(=O)c1ccc([N+](=O)[O-])s1)C1CCCCC1. The molecule has 0 spiro atoms. The Morgan fingerprint density at radius 2 is 1.96 bits per heavy atom. The van der Waals surface area contributed by atoms with E-state index in [4.69, 9.17) is 0 Å². The van der Waals surface area contributed by atoms with Crippen LogP contribution in [0.15, 0.2) is 36.4 Å². The summed E-state index contributed by atoms with van der Waals surface area (Å²) in [4.78, 5) is 25.5. The van der Waals surface area contributed by atoms with Gasteiger partial charge in [0.05, 0.1) is 9.80 Å². The second-order valence-electron chi connectivity index (χ2n) is 6.71. The minimum absolute atomic E-state index is 0.0273. The molecule has 1 aliphatic rings. The van der Waals surface area contributed by atoms with Crippen molar-refractivity contribution >= 4 is 27.9 Å². The first-order chi connectivity index (χ1) is 12.5. The highest BCUT2D eigenvalue weighted by Gasteiger charge is 2.20. The summed E-state index contributed by atoms with van der Waals surface area (Å²) in [5.41, 5.74) is 1.82. The van der Waals surface area contributed by atoms with Crippen molar-refractivity contribution in [2.24, 2.45) is 0 Å². The number of anilines is 1. The van der Waals surface area contributed by atoms with Crippen molar-refractivity contribution in [2.45, 2.75) is 44.7 Å². The first kappa shape index (κ1) is 18.5. The molecule has 1 aromatic carbocycles. The van der Waals surface area contributed by atoms with Crippen LogP contribution in [0.1, 0.15) is 47.3 Å². The summed E-state index contributed by atoms with van der Waals surface area (Å²) < 4.78 is 0. The van der Waals surface area contributed by atoms with E-state index in [1.807, 2.05) is 24.3 Å². The Kier molecular flexibility index (Phi) is 6.00. The molecule has 1 aliphatic carbocycles. The van der Waals surface area contributed by atoms with Crippen LogP contribution in [0, 0.1) is 10.1 Å². The third-order valence-corrected chi connectivity index (χ3v) is 5.91. The van der Waals surface area contributed by atoms with Crippen molar-refractivity contribution in [3.8, 4) is 0 Å². The van der Waals surface area contributed by atoms with Gasteiger partial charge in [-0.15, -0.1) is 0 Å². The van der Waals surface area contributed by atoms with Crippen LogP contribution in [0.2, 0.25) is 0 Å². The van der Waals surface area contributed by atoms with Crippen LogP contribution in [0.25, 0.3) is 0 Å². The zero-order chi connectivity index (χ0) is 18.5. The number of hydrogen-bond donors (Lipinski definition) is 1. The maximum absolute atomic E-state index is 12.5. The summed E-state index contributed by atoms with van der Waals surface area (Å²) in [6.07, 6.45) is 6.34. The molecule has 1 saturated carbocycles. The van der Waals surface area contributed by atoms with Crippen LogP contribution < -0.4 is 5.32 Å². The first-order valence-corrected chi connectivity index (χ1v) is 9.70. The van der Waals surface area contributed by atoms with Crippen LogP contribution in [-0.4, -0.2) is 28.8 Å². The maximum atomic E-state index is 12.5. The average molecular weight is 373 g/mol. The van der Waals surface area contributed by atoms with E-state index in [0.717, 1.165) is 29.1 Å². The van der Waals surface area contributed by atoms with Crippen molar-refractivity contribution in [3.63, 3.8) is 0 Å². The molecule has 0 radical (unpaired) electrons. The van der Waals surface area contributed by atoms with E-state index >= 15 is 0 Å². The maximum Gasteiger partial charge on any atom is 0.324 e. The number of nitrogens with zero attached hydrogens (tertiary/aromatic N) is 2. The molecule has 0 atom stereocenters. The molecule has 1 amide bonds. The molecule has 3 rings (SSSR count). The second-order valence-corrected chi connectivity index (χ2v) is 7.78. The molecular weight excluding hydrogens is 350 g/mol. The molecule has 1 fully saturated rings. The van der Waals surface area contributed by atoms with Gasteiger partial charge in [0.15, 0.2) is 0 Å². The number of benzene rings is 1. The van der Waals surface area contributed by atoms with Gasteiger partial charge >= 0.3 is 5.00 Å². The van der Waals surface area contributed by atoms with Gasteiger partial charge in [0.1, 0.15) is 0 Å². The van der Waals surface area contributed by atoms with E-state index in [1.165, 1.54) is 44.2 Å². The summed E-state index contributed by atoms with van der Waals surface area (Å²) in [7, 11) is 2.14. The van der Waals surface area contributed by atoms with Crippen LogP contribution in [-0.2, 0) is 6.54 Å². The second kappa shape index (κ2) is 8.42. The highest BCUT2D eigenvalue weighted by atomic mass is 32.1. The summed E-state index contributed by atoms with van der Waals surface area (Å²) in [5, 5.41) is 13.7. The minimum Gasteiger partial charge on any atom is -0.321 e. The van der Waals surface area contributed by atoms with Crippen LogP contribution in [0.3, 0.4) is 0 Å². The van der Waals surface area contributed by atoms with Gasteiger partial charge in [-0.2, -0.15) is 0 Å². The lowest BCUT2D eigenvalue weighted by Gasteiger charge is -2.31. The normalized spacial score (nSPS) is 15.2. The van der Waals surface area contributed by atoms with Crippen molar-refractivity contribution in [1.29, 1.82) is 0 Å². The Bertz CT molecular complexity index is 784. The zero-order valence-electron chi connectivity index (χ0n) is 14.8. The molecular formula is C19H23N3O3S. The molecule has 0 unspecified atom stereocenters. The lowest BCUT2D eigenvalue weighted by molar-refractivity contribution is -0.380. The predicted octanol–water partition coefficient (Wildman–Crippen LogP) is 4.67. The average Bonchev–Trinajstić information content (AvgIpc) is 3.15. The molecule has 2 aromatic rings. The van der Waals surface area contributed by atoms with Crippen molar-refractivity contribution in [1.82, 2.24) is 4.90 Å². The fraction of sp³-hybridized carbons (Fsp3) is 0.421. The Hall–Kier alpha value is -2.25. The van der Waals surface area contributed by atoms with Crippen LogP contribution in [0.4, 0.5) is 10.7 Å². The molecule has 1 aromatic heterocycles. The monoisotopic (exact) mass is 373 g/mol. The van der Waals surface area contributed by atoms with E-state index in [2.05, 4.69) is 17.3 Å². The number of amides is 1. The molecule has 0 bridgehead atoms. The number of nitro groups is 1. The summed E-state index contributed by atoms with van der Waals surface area (Å²) in [6.45, 7) is 0.770. The lowest BCUT2D eigenvalue weighted by atomic mass is 9.94. The van der Waals surface area contributed by atoms with Gasteiger partial charge in [-0.3, -0.25) is 19.8 Å². The molecule has 0 saturated heterocycles. The van der Waals surface area contributed by atoms with Gasteiger partial charge in [0, 0.05) is 24.3 Å². The van der Waals surface area contributed by atoms with Crippen LogP contribution >= 0.6 is 11.3 Å². The smallest absolute Gasteiger partial charge is 0.321 e. The third kappa shape index (κ3) is 4.47. The molecule has 7 heteroatoms. The third-order valence-electron chi connectivity index (χ3n) is 4.88. The minimum atomic E-state index is -0.478. The Morgan fingerprint density at radius 3 is 2.65 bits per heavy atom. The number of carbonyl (C=O) groups excluding carboxylic acids is 1. The Morgan fingerprint density at radius 1 is 1.23 bits per heavy atom. The number of para-hydroxylation sites is 1. The molecule has 0 aliphatic heterocycles. The highest BCUT2D eigenvalue weighted by Crippen LogP contribution is 2.27. The van der Waals surface area contributed by atoms with Gasteiger partial charge in [0.25, 0.3) is 5.91 Å². The molecule has 1 heterocycles. The predicted molar refractivity (Wildman–Crippen MR) is 104 cm³/mol. The fourth-order valence-electron chi connectivity index (χ4n) is 3.43. The quantitative estimate of drug-likeness (QED) is 0.589. The molecule has 1 N–H and O–H groups in total. The van der Waals surface area contributed by atoms with E-state index < -0.39 is 4.92 Å². The van der Waals surface area contributed by atoms with Crippen molar-refractivity contribution in [2.75, 3.05) is 12.4 Å². The van der Waals surface area contributed by atoms with E-state index in [1.54, 1.807) is 0 Å². The Balaban J connectivity index is 1.69. The first-order valence-electron chi connectivity index (χ1n) is 8.88. The number of rotatable bonds is 6. The largest absolute Gasteiger partial charge is 0.324 e. The standard InChI is InChI=1S/C19H23N3O3S/c1-21(15-8-3-2-4-9-15)13-14-7-5-6-10-16(14)20-19(23)17-11-12-18(26-17)22(24)25/h5-7,10-12,15H,2-4,8-9,13H2,1H3,(H,20,23). The summed E-state index contributed by atoms with van der Waals surface area (Å²) >= 11 is 0.889. The van der Waals surface area contributed by atoms with Gasteiger partial charge in [-0.25, -0.2) is 0 Å². The number of nitrogens with one attached hydrogen (secondary N) is 1. The highest BCUT2D eigenvalue weighted by molar-refractivity contribution is 7.17. The molecule has 6 nitrogen and oxygen atoms in total. The molecule has 138 valence electrons. The van der Waals surface area contributed by atoms with Gasteiger partial charge < -0.3 is 5.32 Å². The summed E-state index contributed by atoms with van der Waals surface area (Å²) in [6, 6.07) is 11.2.